The summed E-state index contributed by atoms with van der Waals surface area (Å²) in [4.78, 5) is 3.58. The number of aromatic nitrogens is 1. The van der Waals surface area contributed by atoms with Crippen molar-refractivity contribution in [2.45, 2.75) is 43.7 Å². The standard InChI is InChI=1S/C19H21F3N2O2S/c1-18(2)15(9-3-12-4-10-16(24-11-12)19(20,21)22)17(18)13-5-7-14(8-6-13)27(23,25)26/h4-8,10-11,15,17H,3,9H2,1-2H3,(H2,23,25,26). The van der Waals surface area contributed by atoms with Gasteiger partial charge in [-0.25, -0.2) is 13.6 Å². The zero-order valence-electron chi connectivity index (χ0n) is 15.0. The minimum Gasteiger partial charge on any atom is -0.252 e. The monoisotopic (exact) mass is 398 g/mol. The first kappa shape index (κ1) is 19.8. The summed E-state index contributed by atoms with van der Waals surface area (Å²) in [6.07, 6.45) is -1.67. The third-order valence-corrected chi connectivity index (χ3v) is 6.41. The Morgan fingerprint density at radius 2 is 1.74 bits per heavy atom. The summed E-state index contributed by atoms with van der Waals surface area (Å²) < 4.78 is 60.5. The number of nitrogens with two attached hydrogens (primary N) is 1. The van der Waals surface area contributed by atoms with Crippen LogP contribution in [0.25, 0.3) is 0 Å². The Kier molecular flexibility index (Phi) is 4.84. The van der Waals surface area contributed by atoms with Crippen molar-refractivity contribution in [2.24, 2.45) is 16.5 Å². The molecule has 146 valence electrons. The topological polar surface area (TPSA) is 73.0 Å². The van der Waals surface area contributed by atoms with Crippen molar-refractivity contribution >= 4 is 10.0 Å². The summed E-state index contributed by atoms with van der Waals surface area (Å²) in [5, 5.41) is 5.12. The Balaban J connectivity index is 1.66. The Bertz CT molecular complexity index is 921. The van der Waals surface area contributed by atoms with Crippen LogP contribution in [0.15, 0.2) is 47.5 Å². The van der Waals surface area contributed by atoms with Crippen LogP contribution in [0.4, 0.5) is 13.2 Å². The molecule has 4 nitrogen and oxygen atoms in total. The first-order valence-electron chi connectivity index (χ1n) is 8.55. The van der Waals surface area contributed by atoms with Gasteiger partial charge in [-0.15, -0.1) is 0 Å². The van der Waals surface area contributed by atoms with Crippen molar-refractivity contribution in [1.29, 1.82) is 0 Å². The third-order valence-electron chi connectivity index (χ3n) is 5.48. The molecule has 1 saturated carbocycles. The van der Waals surface area contributed by atoms with E-state index in [9.17, 15) is 21.6 Å². The predicted octanol–water partition coefficient (Wildman–Crippen LogP) is 4.12. The molecule has 1 aromatic heterocycles. The number of sulfonamides is 1. The Hall–Kier alpha value is -1.93. The first-order chi connectivity index (χ1) is 12.4. The molecule has 0 bridgehead atoms. The van der Waals surface area contributed by atoms with E-state index >= 15 is 0 Å². The molecule has 2 unspecified atom stereocenters. The minimum absolute atomic E-state index is 0.0441. The van der Waals surface area contributed by atoms with E-state index in [0.717, 1.165) is 23.6 Å². The van der Waals surface area contributed by atoms with Crippen molar-refractivity contribution in [2.75, 3.05) is 0 Å². The van der Waals surface area contributed by atoms with Crippen molar-refractivity contribution < 1.29 is 21.6 Å². The summed E-state index contributed by atoms with van der Waals surface area (Å²) in [6, 6.07) is 9.07. The Morgan fingerprint density at radius 1 is 1.11 bits per heavy atom. The molecule has 3 rings (SSSR count). The maximum Gasteiger partial charge on any atom is 0.433 e. The second-order valence-electron chi connectivity index (χ2n) is 7.61. The van der Waals surface area contributed by atoms with Gasteiger partial charge in [0.15, 0.2) is 0 Å². The van der Waals surface area contributed by atoms with Gasteiger partial charge < -0.3 is 0 Å². The van der Waals surface area contributed by atoms with E-state index in [-0.39, 0.29) is 16.2 Å². The van der Waals surface area contributed by atoms with Gasteiger partial charge in [0.1, 0.15) is 5.69 Å². The molecule has 2 N–H and O–H groups in total. The lowest BCUT2D eigenvalue weighted by atomic mass is 10.0. The van der Waals surface area contributed by atoms with Crippen molar-refractivity contribution in [1.82, 2.24) is 4.98 Å². The molecule has 1 aliphatic rings. The third kappa shape index (κ3) is 4.16. The Labute approximate surface area is 156 Å². The van der Waals surface area contributed by atoms with Gasteiger partial charge in [0, 0.05) is 6.20 Å². The molecule has 0 spiro atoms. The number of aryl methyl sites for hydroxylation is 1. The lowest BCUT2D eigenvalue weighted by Crippen LogP contribution is -2.11. The van der Waals surface area contributed by atoms with Gasteiger partial charge in [0.05, 0.1) is 4.90 Å². The number of hydrogen-bond acceptors (Lipinski definition) is 3. The molecule has 0 saturated heterocycles. The van der Waals surface area contributed by atoms with E-state index < -0.39 is 21.9 Å². The van der Waals surface area contributed by atoms with Crippen molar-refractivity contribution in [3.8, 4) is 0 Å². The maximum atomic E-state index is 12.6. The molecule has 1 aromatic carbocycles. The number of primary sulfonamides is 1. The molecule has 0 aliphatic heterocycles. The minimum atomic E-state index is -4.43. The summed E-state index contributed by atoms with van der Waals surface area (Å²) in [7, 11) is -3.71. The molecular weight excluding hydrogens is 377 g/mol. The van der Waals surface area contributed by atoms with Crippen molar-refractivity contribution in [3.05, 3.63) is 59.4 Å². The van der Waals surface area contributed by atoms with Gasteiger partial charge in [0.2, 0.25) is 10.0 Å². The summed E-state index contributed by atoms with van der Waals surface area (Å²) in [5.41, 5.74) is 0.977. The fourth-order valence-electron chi connectivity index (χ4n) is 3.87. The van der Waals surface area contributed by atoms with Gasteiger partial charge in [-0.3, -0.25) is 4.98 Å². The van der Waals surface area contributed by atoms with Gasteiger partial charge in [0.25, 0.3) is 0 Å². The zero-order valence-corrected chi connectivity index (χ0v) is 15.8. The maximum absolute atomic E-state index is 12.6. The number of pyridine rings is 1. The van der Waals surface area contributed by atoms with Crippen LogP contribution in [0.3, 0.4) is 0 Å². The van der Waals surface area contributed by atoms with Crippen LogP contribution in [0.1, 0.15) is 43.0 Å². The molecule has 0 radical (unpaired) electrons. The normalized spacial score (nSPS) is 21.9. The van der Waals surface area contributed by atoms with Crippen LogP contribution < -0.4 is 5.14 Å². The quantitative estimate of drug-likeness (QED) is 0.823. The molecule has 27 heavy (non-hydrogen) atoms. The van der Waals surface area contributed by atoms with E-state index in [1.807, 2.05) is 0 Å². The lowest BCUT2D eigenvalue weighted by Gasteiger charge is -2.07. The lowest BCUT2D eigenvalue weighted by molar-refractivity contribution is -0.141. The number of hydrogen-bond donors (Lipinski definition) is 1. The number of alkyl halides is 3. The van der Waals surface area contributed by atoms with Gasteiger partial charge >= 0.3 is 6.18 Å². The van der Waals surface area contributed by atoms with Gasteiger partial charge in [-0.2, -0.15) is 13.2 Å². The van der Waals surface area contributed by atoms with E-state index in [0.29, 0.717) is 12.3 Å². The molecule has 1 heterocycles. The molecule has 2 atom stereocenters. The molecule has 0 amide bonds. The second kappa shape index (κ2) is 6.60. The highest BCUT2D eigenvalue weighted by Crippen LogP contribution is 2.66. The molecular formula is C19H21F3N2O2S. The number of nitrogens with zero attached hydrogens (tertiary/aromatic N) is 1. The SMILES string of the molecule is CC1(C)C(CCc2ccc(C(F)(F)F)nc2)C1c1ccc(S(N)(=O)=O)cc1. The average molecular weight is 398 g/mol. The highest BCUT2D eigenvalue weighted by molar-refractivity contribution is 7.89. The van der Waals surface area contributed by atoms with Crippen LogP contribution in [-0.4, -0.2) is 13.4 Å². The van der Waals surface area contributed by atoms with E-state index in [1.165, 1.54) is 24.4 Å². The number of benzene rings is 1. The molecule has 8 heteroatoms. The van der Waals surface area contributed by atoms with E-state index in [4.69, 9.17) is 5.14 Å². The Morgan fingerprint density at radius 3 is 2.22 bits per heavy atom. The first-order valence-corrected chi connectivity index (χ1v) is 10.1. The van der Waals surface area contributed by atoms with Crippen LogP contribution >= 0.6 is 0 Å². The van der Waals surface area contributed by atoms with Crippen LogP contribution in [-0.2, 0) is 22.6 Å². The van der Waals surface area contributed by atoms with Gasteiger partial charge in [-0.1, -0.05) is 32.0 Å². The smallest absolute Gasteiger partial charge is 0.252 e. The number of halogens is 3. The average Bonchev–Trinajstić information content (AvgIpc) is 3.12. The number of rotatable bonds is 5. The van der Waals surface area contributed by atoms with Crippen LogP contribution in [0, 0.1) is 11.3 Å². The summed E-state index contributed by atoms with van der Waals surface area (Å²) in [5.74, 6) is 0.634. The molecule has 2 aromatic rings. The fraction of sp³-hybridized carbons (Fsp3) is 0.421. The van der Waals surface area contributed by atoms with Crippen LogP contribution in [0.2, 0.25) is 0 Å². The summed E-state index contributed by atoms with van der Waals surface area (Å²) in [6.45, 7) is 4.28. The highest BCUT2D eigenvalue weighted by atomic mass is 32.2. The van der Waals surface area contributed by atoms with Crippen LogP contribution in [0.5, 0.6) is 0 Å². The van der Waals surface area contributed by atoms with Crippen molar-refractivity contribution in [3.63, 3.8) is 0 Å². The fourth-order valence-corrected chi connectivity index (χ4v) is 4.39. The van der Waals surface area contributed by atoms with E-state index in [2.05, 4.69) is 18.8 Å². The molecule has 1 aliphatic carbocycles. The highest BCUT2D eigenvalue weighted by Gasteiger charge is 2.57. The largest absolute Gasteiger partial charge is 0.433 e. The van der Waals surface area contributed by atoms with Gasteiger partial charge in [-0.05, 0) is 59.4 Å². The van der Waals surface area contributed by atoms with E-state index in [1.54, 1.807) is 12.1 Å². The molecule has 1 fully saturated rings. The summed E-state index contributed by atoms with van der Waals surface area (Å²) >= 11 is 0. The second-order valence-corrected chi connectivity index (χ2v) is 9.17. The zero-order chi connectivity index (χ0) is 20.0. The predicted molar refractivity (Wildman–Crippen MR) is 95.4 cm³/mol.